The summed E-state index contributed by atoms with van der Waals surface area (Å²) in [6, 6.07) is 20.7. The van der Waals surface area contributed by atoms with Crippen LogP contribution in [0.1, 0.15) is 17.2 Å². The van der Waals surface area contributed by atoms with Crippen LogP contribution in [0.25, 0.3) is 0 Å². The normalized spacial score (nSPS) is 12.5. The molecule has 1 atom stereocenters. The van der Waals surface area contributed by atoms with Crippen LogP contribution in [0, 0.1) is 5.82 Å². The van der Waals surface area contributed by atoms with Crippen molar-refractivity contribution in [2.45, 2.75) is 10.9 Å². The van der Waals surface area contributed by atoms with Crippen molar-refractivity contribution in [2.24, 2.45) is 0 Å². The zero-order chi connectivity index (χ0) is 21.7. The summed E-state index contributed by atoms with van der Waals surface area (Å²) in [5.74, 6) is -0.853. The summed E-state index contributed by atoms with van der Waals surface area (Å²) in [5.41, 5.74) is 1.49. The largest absolute Gasteiger partial charge is 0.344 e. The molecule has 30 heavy (non-hydrogen) atoms. The van der Waals surface area contributed by atoms with Crippen molar-refractivity contribution >= 4 is 31.9 Å². The summed E-state index contributed by atoms with van der Waals surface area (Å²) in [7, 11) is -2.47. The Labute approximate surface area is 183 Å². The summed E-state index contributed by atoms with van der Waals surface area (Å²) in [4.78, 5) is 12.8. The van der Waals surface area contributed by atoms with E-state index in [1.807, 2.05) is 30.3 Å². The van der Waals surface area contributed by atoms with E-state index in [2.05, 4.69) is 21.2 Å². The second-order valence-corrected chi connectivity index (χ2v) is 9.64. The number of rotatable bonds is 7. The van der Waals surface area contributed by atoms with Gasteiger partial charge in [0.15, 0.2) is 0 Å². The van der Waals surface area contributed by atoms with Crippen LogP contribution in [-0.2, 0) is 14.8 Å². The predicted molar refractivity (Wildman–Crippen MR) is 117 cm³/mol. The molecule has 3 rings (SSSR count). The van der Waals surface area contributed by atoms with Gasteiger partial charge in [0.05, 0.1) is 17.5 Å². The third-order valence-corrected chi connectivity index (χ3v) is 6.88. The van der Waals surface area contributed by atoms with Crippen LogP contribution in [0.5, 0.6) is 0 Å². The lowest BCUT2D eigenvalue weighted by atomic mass is 9.98. The van der Waals surface area contributed by atoms with Crippen molar-refractivity contribution in [2.75, 3.05) is 13.6 Å². The Morgan fingerprint density at radius 2 is 1.53 bits per heavy atom. The van der Waals surface area contributed by atoms with Gasteiger partial charge in [-0.25, -0.2) is 12.8 Å². The van der Waals surface area contributed by atoms with Crippen molar-refractivity contribution in [3.05, 3.63) is 100 Å². The van der Waals surface area contributed by atoms with E-state index in [4.69, 9.17) is 0 Å². The molecule has 3 aromatic carbocycles. The highest BCUT2D eigenvalue weighted by Crippen LogP contribution is 2.23. The molecule has 0 spiro atoms. The Morgan fingerprint density at radius 1 is 0.967 bits per heavy atom. The van der Waals surface area contributed by atoms with Crippen LogP contribution in [0.2, 0.25) is 0 Å². The van der Waals surface area contributed by atoms with E-state index >= 15 is 0 Å². The lowest BCUT2D eigenvalue weighted by Crippen LogP contribution is -2.40. The van der Waals surface area contributed by atoms with Crippen molar-refractivity contribution in [1.29, 1.82) is 0 Å². The van der Waals surface area contributed by atoms with E-state index in [0.717, 1.165) is 14.3 Å². The SMILES string of the molecule is CN(CC(=O)NC(c1ccccc1)c1ccc(F)cc1)S(=O)(=O)c1ccc(Br)cc1. The van der Waals surface area contributed by atoms with Gasteiger partial charge in [-0.1, -0.05) is 58.4 Å². The maximum atomic E-state index is 13.3. The molecule has 1 unspecified atom stereocenters. The highest BCUT2D eigenvalue weighted by Gasteiger charge is 2.24. The molecular formula is C22H20BrFN2O3S. The van der Waals surface area contributed by atoms with Gasteiger partial charge in [-0.05, 0) is 47.5 Å². The number of nitrogens with one attached hydrogen (secondary N) is 1. The van der Waals surface area contributed by atoms with Crippen LogP contribution in [0.3, 0.4) is 0 Å². The second kappa shape index (κ2) is 9.51. The van der Waals surface area contributed by atoms with E-state index < -0.39 is 22.0 Å². The van der Waals surface area contributed by atoms with Crippen LogP contribution in [-0.4, -0.2) is 32.2 Å². The number of carbonyl (C=O) groups is 1. The van der Waals surface area contributed by atoms with Gasteiger partial charge in [-0.15, -0.1) is 0 Å². The summed E-state index contributed by atoms with van der Waals surface area (Å²) in [6.07, 6.45) is 0. The molecule has 0 fully saturated rings. The minimum absolute atomic E-state index is 0.0964. The number of benzene rings is 3. The van der Waals surface area contributed by atoms with Crippen LogP contribution in [0.15, 0.2) is 88.2 Å². The molecule has 0 bridgehead atoms. The molecule has 0 saturated carbocycles. The van der Waals surface area contributed by atoms with Crippen molar-refractivity contribution in [1.82, 2.24) is 9.62 Å². The molecule has 0 aromatic heterocycles. The summed E-state index contributed by atoms with van der Waals surface area (Å²) < 4.78 is 40.6. The number of halogens is 2. The van der Waals surface area contributed by atoms with Crippen molar-refractivity contribution in [3.8, 4) is 0 Å². The molecule has 0 aliphatic rings. The maximum Gasteiger partial charge on any atom is 0.243 e. The first-order valence-corrected chi connectivity index (χ1v) is 11.3. The number of carbonyl (C=O) groups excluding carboxylic acids is 1. The highest BCUT2D eigenvalue weighted by molar-refractivity contribution is 9.10. The molecule has 0 aliphatic carbocycles. The average Bonchev–Trinajstić information content (AvgIpc) is 2.73. The lowest BCUT2D eigenvalue weighted by Gasteiger charge is -2.22. The molecule has 5 nitrogen and oxygen atoms in total. The first-order chi connectivity index (χ1) is 14.3. The third-order valence-electron chi connectivity index (χ3n) is 4.53. The smallest absolute Gasteiger partial charge is 0.243 e. The van der Waals surface area contributed by atoms with Gasteiger partial charge in [0.2, 0.25) is 15.9 Å². The van der Waals surface area contributed by atoms with Crippen molar-refractivity contribution in [3.63, 3.8) is 0 Å². The van der Waals surface area contributed by atoms with Crippen LogP contribution >= 0.6 is 15.9 Å². The minimum atomic E-state index is -3.82. The predicted octanol–water partition coefficient (Wildman–Crippen LogP) is 4.11. The topological polar surface area (TPSA) is 66.5 Å². The standard InChI is InChI=1S/C22H20BrFN2O3S/c1-26(30(28,29)20-13-9-18(23)10-14-20)15-21(27)25-22(16-5-3-2-4-6-16)17-7-11-19(24)12-8-17/h2-14,22H,15H2,1H3,(H,25,27). The summed E-state index contributed by atoms with van der Waals surface area (Å²) in [5, 5.41) is 2.86. The zero-order valence-electron chi connectivity index (χ0n) is 16.1. The molecule has 156 valence electrons. The molecule has 3 aromatic rings. The van der Waals surface area contributed by atoms with Crippen molar-refractivity contribution < 1.29 is 17.6 Å². The highest BCUT2D eigenvalue weighted by atomic mass is 79.9. The number of hydrogen-bond donors (Lipinski definition) is 1. The Morgan fingerprint density at radius 3 is 2.13 bits per heavy atom. The Balaban J connectivity index is 1.79. The van der Waals surface area contributed by atoms with Gasteiger partial charge < -0.3 is 5.32 Å². The van der Waals surface area contributed by atoms with E-state index in [-0.39, 0.29) is 17.3 Å². The first kappa shape index (κ1) is 22.1. The van der Waals surface area contributed by atoms with Crippen LogP contribution < -0.4 is 5.32 Å². The molecule has 1 N–H and O–H groups in total. The fourth-order valence-electron chi connectivity index (χ4n) is 2.94. The summed E-state index contributed by atoms with van der Waals surface area (Å²) in [6.45, 7) is -0.358. The molecule has 8 heteroatoms. The third kappa shape index (κ3) is 5.33. The molecule has 0 radical (unpaired) electrons. The average molecular weight is 491 g/mol. The van der Waals surface area contributed by atoms with E-state index in [1.165, 1.54) is 31.3 Å². The number of hydrogen-bond acceptors (Lipinski definition) is 3. The number of nitrogens with zero attached hydrogens (tertiary/aromatic N) is 1. The minimum Gasteiger partial charge on any atom is -0.344 e. The van der Waals surface area contributed by atoms with Gasteiger partial charge in [-0.3, -0.25) is 4.79 Å². The maximum absolute atomic E-state index is 13.3. The van der Waals surface area contributed by atoms with Gasteiger partial charge in [0.25, 0.3) is 0 Å². The Kier molecular flexibility index (Phi) is 7.02. The first-order valence-electron chi connectivity index (χ1n) is 9.09. The number of sulfonamides is 1. The number of likely N-dealkylation sites (N-methyl/N-ethyl adjacent to an activating group) is 1. The molecule has 0 saturated heterocycles. The van der Waals surface area contributed by atoms with E-state index in [1.54, 1.807) is 24.3 Å². The number of amides is 1. The molecule has 0 aliphatic heterocycles. The van der Waals surface area contributed by atoms with Crippen LogP contribution in [0.4, 0.5) is 4.39 Å². The van der Waals surface area contributed by atoms with Gasteiger partial charge >= 0.3 is 0 Å². The Bertz CT molecular complexity index is 1110. The zero-order valence-corrected chi connectivity index (χ0v) is 18.5. The summed E-state index contributed by atoms with van der Waals surface area (Å²) >= 11 is 3.27. The van der Waals surface area contributed by atoms with E-state index in [9.17, 15) is 17.6 Å². The molecule has 0 heterocycles. The van der Waals surface area contributed by atoms with Gasteiger partial charge in [0, 0.05) is 11.5 Å². The van der Waals surface area contributed by atoms with Gasteiger partial charge in [-0.2, -0.15) is 4.31 Å². The van der Waals surface area contributed by atoms with E-state index in [0.29, 0.717) is 5.56 Å². The monoisotopic (exact) mass is 490 g/mol. The molecule has 1 amide bonds. The lowest BCUT2D eigenvalue weighted by molar-refractivity contribution is -0.121. The second-order valence-electron chi connectivity index (χ2n) is 6.68. The Hall–Kier alpha value is -2.55. The fraction of sp³-hybridized carbons (Fsp3) is 0.136. The van der Waals surface area contributed by atoms with Gasteiger partial charge in [0.1, 0.15) is 5.82 Å². The molecular weight excluding hydrogens is 471 g/mol. The fourth-order valence-corrected chi connectivity index (χ4v) is 4.33. The quantitative estimate of drug-likeness (QED) is 0.541.